The summed E-state index contributed by atoms with van der Waals surface area (Å²) in [4.78, 5) is 27.2. The molecule has 0 aliphatic heterocycles. The van der Waals surface area contributed by atoms with Crippen LogP contribution >= 0.6 is 39.1 Å². The van der Waals surface area contributed by atoms with Crippen LogP contribution in [-0.2, 0) is 26.2 Å². The smallest absolute Gasteiger partial charge is 0.244 e. The van der Waals surface area contributed by atoms with Crippen LogP contribution in [0.1, 0.15) is 19.4 Å². The minimum absolute atomic E-state index is 0.128. The van der Waals surface area contributed by atoms with Crippen molar-refractivity contribution in [2.75, 3.05) is 23.7 Å². The second-order valence-corrected chi connectivity index (χ2v) is 10.7. The number of anilines is 1. The van der Waals surface area contributed by atoms with Crippen LogP contribution in [-0.4, -0.2) is 50.5 Å². The monoisotopic (exact) mass is 563 g/mol. The molecule has 2 aromatic rings. The number of hydrogen-bond donors (Lipinski definition) is 1. The summed E-state index contributed by atoms with van der Waals surface area (Å²) in [6.45, 7) is 3.41. The van der Waals surface area contributed by atoms with Crippen molar-refractivity contribution in [2.45, 2.75) is 26.4 Å². The van der Waals surface area contributed by atoms with Crippen LogP contribution in [0.5, 0.6) is 0 Å². The Kier molecular flexibility index (Phi) is 9.39. The molecule has 0 aliphatic rings. The minimum atomic E-state index is -3.83. The van der Waals surface area contributed by atoms with E-state index in [0.717, 1.165) is 20.6 Å². The van der Waals surface area contributed by atoms with Crippen LogP contribution in [0.4, 0.5) is 5.69 Å². The molecule has 2 rings (SSSR count). The average Bonchev–Trinajstić information content (AvgIpc) is 2.72. The third-order valence-corrected chi connectivity index (χ3v) is 7.06. The summed E-state index contributed by atoms with van der Waals surface area (Å²) >= 11 is 15.4. The number of rotatable bonds is 9. The van der Waals surface area contributed by atoms with Gasteiger partial charge in [0.05, 0.1) is 22.0 Å². The second kappa shape index (κ2) is 11.4. The molecule has 0 bridgehead atoms. The van der Waals surface area contributed by atoms with E-state index in [2.05, 4.69) is 21.2 Å². The van der Waals surface area contributed by atoms with Gasteiger partial charge in [-0.15, -0.1) is 0 Å². The summed E-state index contributed by atoms with van der Waals surface area (Å²) in [6, 6.07) is 10.8. The van der Waals surface area contributed by atoms with Gasteiger partial charge in [0.2, 0.25) is 21.8 Å². The summed E-state index contributed by atoms with van der Waals surface area (Å²) in [7, 11) is -3.83. The zero-order valence-corrected chi connectivity index (χ0v) is 21.7. The van der Waals surface area contributed by atoms with Crippen LogP contribution in [0.15, 0.2) is 46.9 Å². The third kappa shape index (κ3) is 7.10. The van der Waals surface area contributed by atoms with E-state index in [1.54, 1.807) is 13.8 Å². The molecule has 0 radical (unpaired) electrons. The molecular formula is C21H24BrCl2N3O4S. The van der Waals surface area contributed by atoms with Gasteiger partial charge in [-0.1, -0.05) is 51.3 Å². The van der Waals surface area contributed by atoms with E-state index in [1.165, 1.54) is 23.1 Å². The first-order valence-corrected chi connectivity index (χ1v) is 13.1. The van der Waals surface area contributed by atoms with E-state index in [-0.39, 0.29) is 28.2 Å². The van der Waals surface area contributed by atoms with E-state index in [1.807, 2.05) is 24.3 Å². The van der Waals surface area contributed by atoms with Crippen LogP contribution in [0.25, 0.3) is 0 Å². The quantitative estimate of drug-likeness (QED) is 0.497. The van der Waals surface area contributed by atoms with Crippen molar-refractivity contribution in [1.29, 1.82) is 0 Å². The number of carbonyl (C=O) groups excluding carboxylic acids is 2. The largest absolute Gasteiger partial charge is 0.355 e. The summed E-state index contributed by atoms with van der Waals surface area (Å²) in [5.74, 6) is -0.874. The van der Waals surface area contributed by atoms with Crippen molar-refractivity contribution in [2.24, 2.45) is 0 Å². The molecule has 2 aromatic carbocycles. The number of carbonyl (C=O) groups is 2. The van der Waals surface area contributed by atoms with E-state index in [9.17, 15) is 18.0 Å². The highest BCUT2D eigenvalue weighted by molar-refractivity contribution is 9.10. The topological polar surface area (TPSA) is 86.8 Å². The minimum Gasteiger partial charge on any atom is -0.355 e. The van der Waals surface area contributed by atoms with Crippen molar-refractivity contribution in [1.82, 2.24) is 10.2 Å². The maximum absolute atomic E-state index is 13.3. The molecule has 11 heteroatoms. The second-order valence-electron chi connectivity index (χ2n) is 7.09. The predicted octanol–water partition coefficient (Wildman–Crippen LogP) is 4.08. The lowest BCUT2D eigenvalue weighted by molar-refractivity contribution is -0.139. The summed E-state index contributed by atoms with van der Waals surface area (Å²) in [5.41, 5.74) is 0.989. The van der Waals surface area contributed by atoms with E-state index in [4.69, 9.17) is 23.2 Å². The Bertz CT molecular complexity index is 1080. The van der Waals surface area contributed by atoms with E-state index in [0.29, 0.717) is 6.54 Å². The van der Waals surface area contributed by atoms with E-state index >= 15 is 0 Å². The van der Waals surface area contributed by atoms with Gasteiger partial charge in [0.1, 0.15) is 12.6 Å². The SMILES string of the molecule is CCNC(=O)[C@@H](C)N(Cc1ccc(Br)cc1)C(=O)CN(c1ccc(Cl)c(Cl)c1)S(C)(=O)=O. The molecule has 2 amide bonds. The van der Waals surface area contributed by atoms with Gasteiger partial charge in [-0.2, -0.15) is 0 Å². The molecule has 0 unspecified atom stereocenters. The maximum atomic E-state index is 13.3. The lowest BCUT2D eigenvalue weighted by atomic mass is 10.1. The van der Waals surface area contributed by atoms with Crippen molar-refractivity contribution in [3.05, 3.63) is 62.5 Å². The van der Waals surface area contributed by atoms with Crippen LogP contribution in [0.2, 0.25) is 10.0 Å². The molecular weight excluding hydrogens is 541 g/mol. The number of nitrogens with zero attached hydrogens (tertiary/aromatic N) is 2. The molecule has 1 N–H and O–H groups in total. The molecule has 32 heavy (non-hydrogen) atoms. The van der Waals surface area contributed by atoms with Gasteiger partial charge in [0.15, 0.2) is 0 Å². The van der Waals surface area contributed by atoms with Gasteiger partial charge in [-0.25, -0.2) is 8.42 Å². The van der Waals surface area contributed by atoms with Gasteiger partial charge in [0, 0.05) is 17.6 Å². The fourth-order valence-electron chi connectivity index (χ4n) is 2.94. The first-order chi connectivity index (χ1) is 14.9. The number of hydrogen-bond acceptors (Lipinski definition) is 4. The standard InChI is InChI=1S/C21H24BrCl2N3O4S/c1-4-25-21(29)14(2)26(12-15-5-7-16(22)8-6-15)20(28)13-27(32(3,30)31)17-9-10-18(23)19(24)11-17/h5-11,14H,4,12-13H2,1-3H3,(H,25,29)/t14-/m1/s1. The zero-order chi connectivity index (χ0) is 24.1. The molecule has 0 saturated heterocycles. The molecule has 0 aliphatic carbocycles. The first-order valence-electron chi connectivity index (χ1n) is 9.68. The number of amides is 2. The molecule has 0 aromatic heterocycles. The Morgan fingerprint density at radius 3 is 2.25 bits per heavy atom. The number of sulfonamides is 1. The summed E-state index contributed by atoms with van der Waals surface area (Å²) in [6.07, 6.45) is 0.995. The fraction of sp³-hybridized carbons (Fsp3) is 0.333. The molecule has 1 atom stereocenters. The van der Waals surface area contributed by atoms with Gasteiger partial charge in [-0.05, 0) is 49.7 Å². The van der Waals surface area contributed by atoms with Crippen LogP contribution < -0.4 is 9.62 Å². The predicted molar refractivity (Wildman–Crippen MR) is 131 cm³/mol. The Balaban J connectivity index is 2.39. The Labute approximate surface area is 206 Å². The molecule has 0 saturated carbocycles. The van der Waals surface area contributed by atoms with Crippen molar-refractivity contribution < 1.29 is 18.0 Å². The van der Waals surface area contributed by atoms with Gasteiger partial charge < -0.3 is 10.2 Å². The number of benzene rings is 2. The van der Waals surface area contributed by atoms with Crippen LogP contribution in [0.3, 0.4) is 0 Å². The highest BCUT2D eigenvalue weighted by Gasteiger charge is 2.30. The molecule has 174 valence electrons. The average molecular weight is 565 g/mol. The first kappa shape index (κ1) is 26.4. The van der Waals surface area contributed by atoms with E-state index < -0.39 is 28.5 Å². The van der Waals surface area contributed by atoms with Crippen LogP contribution in [0, 0.1) is 0 Å². The number of halogens is 3. The fourth-order valence-corrected chi connectivity index (χ4v) is 4.34. The van der Waals surface area contributed by atoms with Crippen molar-refractivity contribution in [3.8, 4) is 0 Å². The maximum Gasteiger partial charge on any atom is 0.244 e. The lowest BCUT2D eigenvalue weighted by Gasteiger charge is -2.31. The molecule has 0 spiro atoms. The number of nitrogens with one attached hydrogen (secondary N) is 1. The highest BCUT2D eigenvalue weighted by Crippen LogP contribution is 2.28. The highest BCUT2D eigenvalue weighted by atomic mass is 79.9. The number of likely N-dealkylation sites (N-methyl/N-ethyl adjacent to an activating group) is 1. The molecule has 7 nitrogen and oxygen atoms in total. The van der Waals surface area contributed by atoms with Gasteiger partial charge in [-0.3, -0.25) is 13.9 Å². The Morgan fingerprint density at radius 1 is 1.09 bits per heavy atom. The third-order valence-electron chi connectivity index (χ3n) is 4.65. The van der Waals surface area contributed by atoms with Gasteiger partial charge >= 0.3 is 0 Å². The van der Waals surface area contributed by atoms with Crippen molar-refractivity contribution in [3.63, 3.8) is 0 Å². The lowest BCUT2D eigenvalue weighted by Crippen LogP contribution is -2.51. The Hall–Kier alpha value is -1.81. The Morgan fingerprint density at radius 2 is 1.72 bits per heavy atom. The van der Waals surface area contributed by atoms with Gasteiger partial charge in [0.25, 0.3) is 0 Å². The molecule has 0 heterocycles. The van der Waals surface area contributed by atoms with Crippen molar-refractivity contribution >= 4 is 66.7 Å². The zero-order valence-electron chi connectivity index (χ0n) is 17.8. The normalized spacial score (nSPS) is 12.2. The summed E-state index contributed by atoms with van der Waals surface area (Å²) < 4.78 is 26.8. The molecule has 0 fully saturated rings. The summed E-state index contributed by atoms with van der Waals surface area (Å²) in [5, 5.41) is 3.12.